The molecule has 7 heteroatoms. The lowest BCUT2D eigenvalue weighted by molar-refractivity contribution is 0.205. The number of nitrogens with two attached hydrogens (primary N) is 1. The van der Waals surface area contributed by atoms with Gasteiger partial charge in [-0.2, -0.15) is 0 Å². The number of carbonyl (C=O) groups is 1. The Hall–Kier alpha value is -2.83. The molecule has 2 aromatic rings. The van der Waals surface area contributed by atoms with E-state index in [2.05, 4.69) is 15.3 Å². The smallest absolute Gasteiger partial charge is 0.322 e. The van der Waals surface area contributed by atoms with Crippen LogP contribution in [0.3, 0.4) is 0 Å². The highest BCUT2D eigenvalue weighted by Gasteiger charge is 2.22. The molecule has 0 radical (unpaired) electrons. The molecule has 1 aromatic carbocycles. The van der Waals surface area contributed by atoms with Gasteiger partial charge in [0, 0.05) is 12.7 Å². The maximum atomic E-state index is 12.5. The number of nitrogen functional groups attached to an aromatic ring is 1. The number of para-hydroxylation sites is 2. The number of carbonyl (C=O) groups excluding carboxylic acids is 1. The third kappa shape index (κ3) is 3.33. The number of hydrogen-bond acceptors (Lipinski definition) is 5. The third-order valence-corrected chi connectivity index (χ3v) is 3.68. The van der Waals surface area contributed by atoms with E-state index in [4.69, 9.17) is 10.5 Å². The van der Waals surface area contributed by atoms with Crippen LogP contribution in [0.25, 0.3) is 0 Å². The average molecular weight is 313 g/mol. The summed E-state index contributed by atoms with van der Waals surface area (Å²) in [5, 5.41) is 2.90. The fourth-order valence-corrected chi connectivity index (χ4v) is 2.54. The van der Waals surface area contributed by atoms with E-state index in [0.29, 0.717) is 31.1 Å². The molecule has 0 aliphatic carbocycles. The molecule has 1 aromatic heterocycles. The summed E-state index contributed by atoms with van der Waals surface area (Å²) in [6, 6.07) is 7.20. The number of urea groups is 1. The quantitative estimate of drug-likeness (QED) is 0.904. The van der Waals surface area contributed by atoms with Crippen LogP contribution >= 0.6 is 0 Å². The van der Waals surface area contributed by atoms with Crippen LogP contribution in [-0.4, -0.2) is 34.1 Å². The van der Waals surface area contributed by atoms with Crippen molar-refractivity contribution in [1.29, 1.82) is 0 Å². The van der Waals surface area contributed by atoms with Crippen molar-refractivity contribution in [1.82, 2.24) is 14.9 Å². The highest BCUT2D eigenvalue weighted by Crippen LogP contribution is 2.25. The number of amides is 2. The molecule has 120 valence electrons. The summed E-state index contributed by atoms with van der Waals surface area (Å²) in [4.78, 5) is 22.4. The van der Waals surface area contributed by atoms with Crippen LogP contribution in [0.15, 0.2) is 30.5 Å². The number of aromatic nitrogens is 2. The van der Waals surface area contributed by atoms with Crippen LogP contribution in [-0.2, 0) is 13.0 Å². The van der Waals surface area contributed by atoms with Crippen LogP contribution in [0.5, 0.6) is 5.75 Å². The Bertz CT molecular complexity index is 719. The molecule has 0 bridgehead atoms. The van der Waals surface area contributed by atoms with Crippen molar-refractivity contribution < 1.29 is 9.53 Å². The van der Waals surface area contributed by atoms with Gasteiger partial charge in [0.25, 0.3) is 0 Å². The Balaban J connectivity index is 1.72. The molecular weight excluding hydrogens is 294 g/mol. The van der Waals surface area contributed by atoms with Gasteiger partial charge in [0.1, 0.15) is 5.75 Å². The summed E-state index contributed by atoms with van der Waals surface area (Å²) in [7, 11) is 0. The minimum atomic E-state index is -0.181. The summed E-state index contributed by atoms with van der Waals surface area (Å²) in [6.45, 7) is 3.48. The molecule has 0 fully saturated rings. The van der Waals surface area contributed by atoms with Gasteiger partial charge in [-0.1, -0.05) is 12.1 Å². The Morgan fingerprint density at radius 3 is 3.09 bits per heavy atom. The first kappa shape index (κ1) is 15.1. The molecule has 0 spiro atoms. The van der Waals surface area contributed by atoms with E-state index in [-0.39, 0.29) is 12.0 Å². The molecule has 2 amide bonds. The number of benzene rings is 1. The van der Waals surface area contributed by atoms with Gasteiger partial charge in [-0.15, -0.1) is 0 Å². The summed E-state index contributed by atoms with van der Waals surface area (Å²) in [6.07, 6.45) is 2.45. The van der Waals surface area contributed by atoms with Crippen LogP contribution < -0.4 is 15.8 Å². The predicted molar refractivity (Wildman–Crippen MR) is 87.2 cm³/mol. The average Bonchev–Trinajstić information content (AvgIpc) is 2.56. The Morgan fingerprint density at radius 1 is 1.43 bits per heavy atom. The van der Waals surface area contributed by atoms with E-state index in [1.807, 2.05) is 31.2 Å². The van der Waals surface area contributed by atoms with E-state index in [9.17, 15) is 4.79 Å². The van der Waals surface area contributed by atoms with Gasteiger partial charge in [-0.3, -0.25) is 0 Å². The van der Waals surface area contributed by atoms with E-state index in [1.54, 1.807) is 11.1 Å². The minimum absolute atomic E-state index is 0.181. The van der Waals surface area contributed by atoms with Gasteiger partial charge in [0.15, 0.2) is 0 Å². The monoisotopic (exact) mass is 313 g/mol. The van der Waals surface area contributed by atoms with Crippen LogP contribution in [0, 0.1) is 0 Å². The second-order valence-corrected chi connectivity index (χ2v) is 5.23. The van der Waals surface area contributed by atoms with E-state index in [1.165, 1.54) is 0 Å². The van der Waals surface area contributed by atoms with Gasteiger partial charge in [0.05, 0.1) is 24.5 Å². The normalized spacial score (nSPS) is 13.3. The number of hydrogen-bond donors (Lipinski definition) is 2. The summed E-state index contributed by atoms with van der Waals surface area (Å²) >= 11 is 0. The second kappa shape index (κ2) is 6.51. The molecule has 2 heterocycles. The predicted octanol–water partition coefficient (Wildman–Crippen LogP) is 2.05. The zero-order valence-corrected chi connectivity index (χ0v) is 13.0. The van der Waals surface area contributed by atoms with Gasteiger partial charge in [-0.05, 0) is 31.0 Å². The first-order valence-corrected chi connectivity index (χ1v) is 7.55. The molecule has 0 saturated heterocycles. The highest BCUT2D eigenvalue weighted by atomic mass is 16.5. The first-order valence-electron chi connectivity index (χ1n) is 7.55. The lowest BCUT2D eigenvalue weighted by Crippen LogP contribution is -2.39. The largest absolute Gasteiger partial charge is 0.492 e. The lowest BCUT2D eigenvalue weighted by Gasteiger charge is -2.28. The van der Waals surface area contributed by atoms with Crippen molar-refractivity contribution >= 4 is 17.7 Å². The topological polar surface area (TPSA) is 93.4 Å². The zero-order chi connectivity index (χ0) is 16.2. The lowest BCUT2D eigenvalue weighted by atomic mass is 10.1. The maximum absolute atomic E-state index is 12.5. The van der Waals surface area contributed by atoms with Crippen LogP contribution in [0.1, 0.15) is 18.2 Å². The van der Waals surface area contributed by atoms with Gasteiger partial charge in [0.2, 0.25) is 5.95 Å². The molecule has 7 nitrogen and oxygen atoms in total. The van der Waals surface area contributed by atoms with Crippen molar-refractivity contribution in [3.8, 4) is 5.75 Å². The van der Waals surface area contributed by atoms with Crippen molar-refractivity contribution in [2.24, 2.45) is 0 Å². The fourth-order valence-electron chi connectivity index (χ4n) is 2.54. The van der Waals surface area contributed by atoms with E-state index >= 15 is 0 Å². The Labute approximate surface area is 134 Å². The number of fused-ring (bicyclic) bond motifs is 1. The molecular formula is C16H19N5O2. The van der Waals surface area contributed by atoms with Gasteiger partial charge >= 0.3 is 6.03 Å². The molecule has 0 atom stereocenters. The van der Waals surface area contributed by atoms with Crippen LogP contribution in [0.4, 0.5) is 16.4 Å². The Kier molecular flexibility index (Phi) is 4.27. The highest BCUT2D eigenvalue weighted by molar-refractivity contribution is 5.91. The molecule has 23 heavy (non-hydrogen) atoms. The fraction of sp³-hybridized carbons (Fsp3) is 0.312. The standard InChI is InChI=1S/C16H19N5O2/c1-2-23-14-6-4-3-5-12(14)20-16(22)21-8-7-11-9-18-15(17)19-13(11)10-21/h3-6,9H,2,7-8,10H2,1H3,(H,20,22)(H2,17,18,19). The van der Waals surface area contributed by atoms with E-state index in [0.717, 1.165) is 17.7 Å². The number of anilines is 2. The maximum Gasteiger partial charge on any atom is 0.322 e. The van der Waals surface area contributed by atoms with Gasteiger partial charge in [-0.25, -0.2) is 14.8 Å². The molecule has 1 aliphatic rings. The molecule has 3 rings (SSSR count). The first-order chi connectivity index (χ1) is 11.2. The van der Waals surface area contributed by atoms with Crippen molar-refractivity contribution in [3.63, 3.8) is 0 Å². The van der Waals surface area contributed by atoms with Crippen molar-refractivity contribution in [3.05, 3.63) is 41.7 Å². The van der Waals surface area contributed by atoms with Crippen LogP contribution in [0.2, 0.25) is 0 Å². The minimum Gasteiger partial charge on any atom is -0.492 e. The van der Waals surface area contributed by atoms with Gasteiger partial charge < -0.3 is 20.7 Å². The zero-order valence-electron chi connectivity index (χ0n) is 13.0. The van der Waals surface area contributed by atoms with E-state index < -0.39 is 0 Å². The molecule has 0 saturated carbocycles. The third-order valence-electron chi connectivity index (χ3n) is 3.68. The van der Waals surface area contributed by atoms with Crippen molar-refractivity contribution in [2.45, 2.75) is 19.9 Å². The number of ether oxygens (including phenoxy) is 1. The van der Waals surface area contributed by atoms with Crippen molar-refractivity contribution in [2.75, 3.05) is 24.2 Å². The second-order valence-electron chi connectivity index (χ2n) is 5.23. The summed E-state index contributed by atoms with van der Waals surface area (Å²) in [5.41, 5.74) is 8.12. The SMILES string of the molecule is CCOc1ccccc1NC(=O)N1CCc2cnc(N)nc2C1. The summed E-state index contributed by atoms with van der Waals surface area (Å²) in [5.74, 6) is 0.889. The Morgan fingerprint density at radius 2 is 2.26 bits per heavy atom. The molecule has 3 N–H and O–H groups in total. The number of nitrogens with one attached hydrogen (secondary N) is 1. The number of rotatable bonds is 3. The molecule has 0 unspecified atom stereocenters. The number of nitrogens with zero attached hydrogens (tertiary/aromatic N) is 3. The molecule has 1 aliphatic heterocycles. The summed E-state index contributed by atoms with van der Waals surface area (Å²) < 4.78 is 5.53.